The molecule has 1 aliphatic heterocycles. The molecule has 6 heteroatoms. The number of anilines is 1. The molecule has 24 heavy (non-hydrogen) atoms. The molecule has 6 nitrogen and oxygen atoms in total. The van der Waals surface area contributed by atoms with Crippen LogP contribution in [0.1, 0.15) is 20.7 Å². The van der Waals surface area contributed by atoms with E-state index in [1.807, 2.05) is 23.1 Å². The molecule has 1 amide bonds. The summed E-state index contributed by atoms with van der Waals surface area (Å²) in [5.41, 5.74) is 1.29. The summed E-state index contributed by atoms with van der Waals surface area (Å²) in [5.74, 6) is -1.40. The number of hydrogen-bond donors (Lipinski definition) is 2. The summed E-state index contributed by atoms with van der Waals surface area (Å²) in [6.45, 7) is 2.36. The SMILES string of the molecule is O=C(O)c1cc(N2CCN(C(=O)c3ccccc3)CC2)ccc1O. The fourth-order valence-corrected chi connectivity index (χ4v) is 2.82. The molecule has 2 aromatic carbocycles. The minimum absolute atomic E-state index is 0.00665. The molecule has 0 spiro atoms. The number of aromatic carboxylic acids is 1. The Hall–Kier alpha value is -3.02. The van der Waals surface area contributed by atoms with Gasteiger partial charge in [0.05, 0.1) is 0 Å². The predicted molar refractivity (Wildman–Crippen MR) is 89.6 cm³/mol. The molecule has 0 atom stereocenters. The number of amides is 1. The van der Waals surface area contributed by atoms with E-state index in [1.165, 1.54) is 12.1 Å². The summed E-state index contributed by atoms with van der Waals surface area (Å²) in [5, 5.41) is 18.7. The van der Waals surface area contributed by atoms with Crippen molar-refractivity contribution in [1.82, 2.24) is 4.90 Å². The highest BCUT2D eigenvalue weighted by Gasteiger charge is 2.23. The Labute approximate surface area is 139 Å². The number of nitrogens with zero attached hydrogens (tertiary/aromatic N) is 2. The first kappa shape index (κ1) is 15.9. The molecule has 0 bridgehead atoms. The van der Waals surface area contributed by atoms with Gasteiger partial charge in [0.2, 0.25) is 0 Å². The zero-order valence-electron chi connectivity index (χ0n) is 13.1. The molecule has 0 saturated carbocycles. The highest BCUT2D eigenvalue weighted by atomic mass is 16.4. The van der Waals surface area contributed by atoms with Gasteiger partial charge in [0, 0.05) is 37.4 Å². The summed E-state index contributed by atoms with van der Waals surface area (Å²) >= 11 is 0. The Kier molecular flexibility index (Phi) is 4.37. The van der Waals surface area contributed by atoms with Gasteiger partial charge < -0.3 is 20.0 Å². The number of carbonyl (C=O) groups excluding carboxylic acids is 1. The molecule has 0 aromatic heterocycles. The third-order valence-electron chi connectivity index (χ3n) is 4.16. The number of carboxylic acids is 1. The van der Waals surface area contributed by atoms with Crippen molar-refractivity contribution in [3.05, 3.63) is 59.7 Å². The van der Waals surface area contributed by atoms with Crippen LogP contribution in [0.25, 0.3) is 0 Å². The van der Waals surface area contributed by atoms with Crippen LogP contribution < -0.4 is 4.90 Å². The molecule has 0 aliphatic carbocycles. The van der Waals surface area contributed by atoms with Crippen LogP contribution in [0.2, 0.25) is 0 Å². The van der Waals surface area contributed by atoms with Gasteiger partial charge in [-0.1, -0.05) is 18.2 Å². The molecule has 1 heterocycles. The number of carbonyl (C=O) groups is 2. The molecule has 0 radical (unpaired) electrons. The van der Waals surface area contributed by atoms with Crippen LogP contribution in [0, 0.1) is 0 Å². The number of phenols is 1. The van der Waals surface area contributed by atoms with Crippen molar-refractivity contribution in [2.75, 3.05) is 31.1 Å². The van der Waals surface area contributed by atoms with Crippen molar-refractivity contribution in [3.8, 4) is 5.75 Å². The van der Waals surface area contributed by atoms with Crippen LogP contribution in [-0.4, -0.2) is 53.2 Å². The van der Waals surface area contributed by atoms with Crippen LogP contribution in [0.15, 0.2) is 48.5 Å². The molecule has 1 saturated heterocycles. The van der Waals surface area contributed by atoms with Crippen molar-refractivity contribution >= 4 is 17.6 Å². The zero-order valence-corrected chi connectivity index (χ0v) is 13.1. The van der Waals surface area contributed by atoms with E-state index >= 15 is 0 Å². The van der Waals surface area contributed by atoms with Crippen molar-refractivity contribution in [2.24, 2.45) is 0 Å². The van der Waals surface area contributed by atoms with Crippen LogP contribution in [0.4, 0.5) is 5.69 Å². The maximum absolute atomic E-state index is 12.4. The summed E-state index contributed by atoms with van der Waals surface area (Å²) < 4.78 is 0. The quantitative estimate of drug-likeness (QED) is 0.902. The molecule has 124 valence electrons. The van der Waals surface area contributed by atoms with Crippen molar-refractivity contribution in [1.29, 1.82) is 0 Å². The van der Waals surface area contributed by atoms with Crippen molar-refractivity contribution < 1.29 is 19.8 Å². The monoisotopic (exact) mass is 326 g/mol. The minimum Gasteiger partial charge on any atom is -0.507 e. The Morgan fingerprint density at radius 2 is 1.58 bits per heavy atom. The molecule has 3 rings (SSSR count). The number of aromatic hydroxyl groups is 1. The van der Waals surface area contributed by atoms with Crippen LogP contribution in [-0.2, 0) is 0 Å². The summed E-state index contributed by atoms with van der Waals surface area (Å²) in [7, 11) is 0. The fourth-order valence-electron chi connectivity index (χ4n) is 2.82. The number of hydrogen-bond acceptors (Lipinski definition) is 4. The topological polar surface area (TPSA) is 81.1 Å². The zero-order chi connectivity index (χ0) is 17.1. The molecule has 1 fully saturated rings. The molecular formula is C18H18N2O4. The molecule has 0 unspecified atom stereocenters. The number of benzene rings is 2. The second kappa shape index (κ2) is 6.62. The minimum atomic E-state index is -1.16. The van der Waals surface area contributed by atoms with Gasteiger partial charge in [-0.2, -0.15) is 0 Å². The summed E-state index contributed by atoms with van der Waals surface area (Å²) in [6, 6.07) is 13.7. The maximum Gasteiger partial charge on any atom is 0.339 e. The van der Waals surface area contributed by atoms with E-state index in [1.54, 1.807) is 23.1 Å². The fraction of sp³-hybridized carbons (Fsp3) is 0.222. The van der Waals surface area contributed by atoms with Crippen molar-refractivity contribution in [2.45, 2.75) is 0 Å². The standard InChI is InChI=1S/C18H18N2O4/c21-16-7-6-14(12-15(16)18(23)24)19-8-10-20(11-9-19)17(22)13-4-2-1-3-5-13/h1-7,12,21H,8-11H2,(H,23,24). The second-order valence-electron chi connectivity index (χ2n) is 5.65. The van der Waals surface area contributed by atoms with Gasteiger partial charge in [0.1, 0.15) is 11.3 Å². The van der Waals surface area contributed by atoms with E-state index in [9.17, 15) is 14.7 Å². The highest BCUT2D eigenvalue weighted by Crippen LogP contribution is 2.25. The van der Waals surface area contributed by atoms with Gasteiger partial charge in [0.25, 0.3) is 5.91 Å². The van der Waals surface area contributed by atoms with Gasteiger partial charge in [-0.05, 0) is 30.3 Å². The molecule has 2 aromatic rings. The average Bonchev–Trinajstić information content (AvgIpc) is 2.62. The van der Waals surface area contributed by atoms with E-state index in [4.69, 9.17) is 5.11 Å². The Morgan fingerprint density at radius 3 is 2.21 bits per heavy atom. The average molecular weight is 326 g/mol. The van der Waals surface area contributed by atoms with Gasteiger partial charge in [-0.25, -0.2) is 4.79 Å². The van der Waals surface area contributed by atoms with E-state index in [0.29, 0.717) is 31.7 Å². The Bertz CT molecular complexity index is 753. The van der Waals surface area contributed by atoms with E-state index in [0.717, 1.165) is 5.69 Å². The smallest absolute Gasteiger partial charge is 0.339 e. The second-order valence-corrected chi connectivity index (χ2v) is 5.65. The van der Waals surface area contributed by atoms with Crippen LogP contribution in [0.5, 0.6) is 5.75 Å². The predicted octanol–water partition coefficient (Wildman–Crippen LogP) is 2.05. The first-order chi connectivity index (χ1) is 11.6. The number of piperazine rings is 1. The lowest BCUT2D eigenvalue weighted by Gasteiger charge is -2.36. The lowest BCUT2D eigenvalue weighted by atomic mass is 10.1. The maximum atomic E-state index is 12.4. The van der Waals surface area contributed by atoms with Crippen LogP contribution >= 0.6 is 0 Å². The van der Waals surface area contributed by atoms with E-state index < -0.39 is 5.97 Å². The Balaban J connectivity index is 1.68. The molecule has 2 N–H and O–H groups in total. The largest absolute Gasteiger partial charge is 0.507 e. The van der Waals surface area contributed by atoms with Crippen molar-refractivity contribution in [3.63, 3.8) is 0 Å². The number of rotatable bonds is 3. The normalized spacial score (nSPS) is 14.5. The van der Waals surface area contributed by atoms with Gasteiger partial charge in [-0.15, -0.1) is 0 Å². The van der Waals surface area contributed by atoms with E-state index in [2.05, 4.69) is 0 Å². The van der Waals surface area contributed by atoms with Gasteiger partial charge >= 0.3 is 5.97 Å². The molecule has 1 aliphatic rings. The third-order valence-corrected chi connectivity index (χ3v) is 4.16. The highest BCUT2D eigenvalue weighted by molar-refractivity contribution is 5.94. The first-order valence-corrected chi connectivity index (χ1v) is 7.72. The first-order valence-electron chi connectivity index (χ1n) is 7.72. The van der Waals surface area contributed by atoms with Crippen LogP contribution in [0.3, 0.4) is 0 Å². The summed E-state index contributed by atoms with van der Waals surface area (Å²) in [6.07, 6.45) is 0. The lowest BCUT2D eigenvalue weighted by molar-refractivity contribution is 0.0693. The van der Waals surface area contributed by atoms with Gasteiger partial charge in [-0.3, -0.25) is 4.79 Å². The molecular weight excluding hydrogens is 308 g/mol. The Morgan fingerprint density at radius 1 is 0.917 bits per heavy atom. The van der Waals surface area contributed by atoms with E-state index in [-0.39, 0.29) is 17.2 Å². The lowest BCUT2D eigenvalue weighted by Crippen LogP contribution is -2.48. The van der Waals surface area contributed by atoms with Gasteiger partial charge in [0.15, 0.2) is 0 Å². The summed E-state index contributed by atoms with van der Waals surface area (Å²) in [4.78, 5) is 27.4. The number of carboxylic acid groups (broad SMARTS) is 1. The third kappa shape index (κ3) is 3.17.